The number of carbonyl (C=O) groups excluding carboxylic acids is 1. The molecule has 58 valence electrons. The Morgan fingerprint density at radius 2 is 2.09 bits per heavy atom. The first-order valence-electron chi connectivity index (χ1n) is 3.51. The van der Waals surface area contributed by atoms with Gasteiger partial charge in [-0.15, -0.1) is 0 Å². The van der Waals surface area contributed by atoms with Crippen LogP contribution in [0.25, 0.3) is 0 Å². The molecule has 0 aliphatic rings. The van der Waals surface area contributed by atoms with Crippen LogP contribution in [0.3, 0.4) is 0 Å². The summed E-state index contributed by atoms with van der Waals surface area (Å²) in [4.78, 5) is 18.1. The average molecular weight is 150 g/mol. The predicted octanol–water partition coefficient (Wildman–Crippen LogP) is 1.41. The lowest BCUT2D eigenvalue weighted by atomic mass is 10.1. The molecule has 0 unspecified atom stereocenters. The van der Waals surface area contributed by atoms with E-state index in [0.717, 1.165) is 5.69 Å². The molecule has 0 saturated heterocycles. The zero-order valence-electron chi connectivity index (χ0n) is 6.61. The van der Waals surface area contributed by atoms with Gasteiger partial charge in [-0.25, -0.2) is 4.98 Å². The average Bonchev–Trinajstić information content (AvgIpc) is 2.05. The van der Waals surface area contributed by atoms with E-state index in [1.807, 2.05) is 13.8 Å². The number of nitrogens with zero attached hydrogens (tertiary/aromatic N) is 2. The topological polar surface area (TPSA) is 42.9 Å². The normalized spacial score (nSPS) is 10.1. The minimum atomic E-state index is 0.364. The van der Waals surface area contributed by atoms with Crippen LogP contribution in [-0.2, 0) is 0 Å². The van der Waals surface area contributed by atoms with E-state index >= 15 is 0 Å². The number of aldehydes is 1. The summed E-state index contributed by atoms with van der Waals surface area (Å²) in [5.41, 5.74) is 1.30. The number of hydrogen-bond acceptors (Lipinski definition) is 3. The molecule has 3 heteroatoms. The van der Waals surface area contributed by atoms with Crippen molar-refractivity contribution in [3.8, 4) is 0 Å². The van der Waals surface area contributed by atoms with E-state index in [1.54, 1.807) is 6.20 Å². The Morgan fingerprint density at radius 1 is 1.36 bits per heavy atom. The van der Waals surface area contributed by atoms with Crippen LogP contribution in [0.1, 0.15) is 35.9 Å². The summed E-state index contributed by atoms with van der Waals surface area (Å²) < 4.78 is 0. The number of rotatable bonds is 2. The summed E-state index contributed by atoms with van der Waals surface area (Å²) >= 11 is 0. The Bertz CT molecular complexity index is 241. The van der Waals surface area contributed by atoms with E-state index < -0.39 is 0 Å². The fourth-order valence-corrected chi connectivity index (χ4v) is 0.707. The van der Waals surface area contributed by atoms with E-state index in [1.165, 1.54) is 6.20 Å². The minimum absolute atomic E-state index is 0.364. The molecule has 0 aliphatic carbocycles. The first-order chi connectivity index (χ1) is 5.24. The van der Waals surface area contributed by atoms with Crippen LogP contribution in [0.15, 0.2) is 12.4 Å². The number of hydrogen-bond donors (Lipinski definition) is 0. The Balaban J connectivity index is 2.91. The second-order valence-corrected chi connectivity index (χ2v) is 2.64. The highest BCUT2D eigenvalue weighted by Crippen LogP contribution is 2.08. The fourth-order valence-electron chi connectivity index (χ4n) is 0.707. The molecule has 0 N–H and O–H groups in total. The molecule has 0 spiro atoms. The highest BCUT2D eigenvalue weighted by molar-refractivity contribution is 5.70. The lowest BCUT2D eigenvalue weighted by molar-refractivity contribution is 0.111. The molecule has 0 bridgehead atoms. The van der Waals surface area contributed by atoms with Crippen molar-refractivity contribution in [3.05, 3.63) is 23.8 Å². The quantitative estimate of drug-likeness (QED) is 0.598. The summed E-state index contributed by atoms with van der Waals surface area (Å²) in [6.07, 6.45) is 3.81. The van der Waals surface area contributed by atoms with Crippen molar-refractivity contribution in [2.45, 2.75) is 19.8 Å². The maximum absolute atomic E-state index is 10.2. The summed E-state index contributed by atoms with van der Waals surface area (Å²) in [6.45, 7) is 4.06. The molecule has 0 aliphatic heterocycles. The summed E-state index contributed by atoms with van der Waals surface area (Å²) in [6, 6.07) is 0. The molecule has 11 heavy (non-hydrogen) atoms. The van der Waals surface area contributed by atoms with Crippen molar-refractivity contribution in [1.29, 1.82) is 0 Å². The van der Waals surface area contributed by atoms with Crippen molar-refractivity contribution in [2.75, 3.05) is 0 Å². The Kier molecular flexibility index (Phi) is 2.31. The zero-order valence-corrected chi connectivity index (χ0v) is 6.61. The maximum Gasteiger partial charge on any atom is 0.170 e. The zero-order chi connectivity index (χ0) is 8.27. The molecule has 1 heterocycles. The van der Waals surface area contributed by atoms with Crippen molar-refractivity contribution in [1.82, 2.24) is 9.97 Å². The molecular formula is C8H10N2O. The molecule has 0 radical (unpaired) electrons. The van der Waals surface area contributed by atoms with Crippen molar-refractivity contribution >= 4 is 6.29 Å². The Hall–Kier alpha value is -1.25. The van der Waals surface area contributed by atoms with Gasteiger partial charge in [0.2, 0.25) is 0 Å². The largest absolute Gasteiger partial charge is 0.296 e. The van der Waals surface area contributed by atoms with Crippen LogP contribution in [0.4, 0.5) is 0 Å². The number of carbonyl (C=O) groups is 1. The van der Waals surface area contributed by atoms with Gasteiger partial charge in [0.15, 0.2) is 6.29 Å². The number of aromatic nitrogens is 2. The molecular weight excluding hydrogens is 140 g/mol. The monoisotopic (exact) mass is 150 g/mol. The lowest BCUT2D eigenvalue weighted by Crippen LogP contribution is -1.96. The van der Waals surface area contributed by atoms with E-state index in [0.29, 0.717) is 17.9 Å². The first kappa shape index (κ1) is 7.85. The Labute approximate surface area is 65.5 Å². The third kappa shape index (κ3) is 1.83. The molecule has 0 fully saturated rings. The maximum atomic E-state index is 10.2. The van der Waals surface area contributed by atoms with Crippen LogP contribution in [0.5, 0.6) is 0 Å². The molecule has 0 amide bonds. The summed E-state index contributed by atoms with van der Waals surface area (Å²) in [7, 11) is 0. The Morgan fingerprint density at radius 3 is 2.45 bits per heavy atom. The molecule has 0 saturated carbocycles. The molecule has 0 atom stereocenters. The second kappa shape index (κ2) is 3.23. The van der Waals surface area contributed by atoms with Gasteiger partial charge in [-0.1, -0.05) is 13.8 Å². The third-order valence-electron chi connectivity index (χ3n) is 1.40. The molecule has 1 aromatic heterocycles. The van der Waals surface area contributed by atoms with Crippen LogP contribution in [-0.4, -0.2) is 16.3 Å². The molecule has 1 aromatic rings. The van der Waals surface area contributed by atoms with Gasteiger partial charge in [-0.2, -0.15) is 0 Å². The third-order valence-corrected chi connectivity index (χ3v) is 1.40. The van der Waals surface area contributed by atoms with Gasteiger partial charge in [0.1, 0.15) is 5.69 Å². The van der Waals surface area contributed by atoms with E-state index in [4.69, 9.17) is 0 Å². The molecule has 3 nitrogen and oxygen atoms in total. The fraction of sp³-hybridized carbons (Fsp3) is 0.375. The summed E-state index contributed by atoms with van der Waals surface area (Å²) in [5.74, 6) is 0.364. The smallest absolute Gasteiger partial charge is 0.170 e. The highest BCUT2D eigenvalue weighted by Gasteiger charge is 1.99. The van der Waals surface area contributed by atoms with Crippen LogP contribution >= 0.6 is 0 Å². The minimum Gasteiger partial charge on any atom is -0.296 e. The van der Waals surface area contributed by atoms with Gasteiger partial charge in [-0.05, 0) is 5.92 Å². The summed E-state index contributed by atoms with van der Waals surface area (Å²) in [5, 5.41) is 0. The van der Waals surface area contributed by atoms with Gasteiger partial charge >= 0.3 is 0 Å². The SMILES string of the molecule is CC(C)c1cnc(C=O)cn1. The first-order valence-corrected chi connectivity index (χ1v) is 3.51. The van der Waals surface area contributed by atoms with E-state index in [2.05, 4.69) is 9.97 Å². The lowest BCUT2D eigenvalue weighted by Gasteiger charge is -2.01. The van der Waals surface area contributed by atoms with E-state index in [9.17, 15) is 4.79 Å². The van der Waals surface area contributed by atoms with Crippen LogP contribution in [0, 0.1) is 0 Å². The standard InChI is InChI=1S/C8H10N2O/c1-6(2)8-4-9-7(5-11)3-10-8/h3-6H,1-2H3. The van der Waals surface area contributed by atoms with Gasteiger partial charge in [0.05, 0.1) is 11.9 Å². The van der Waals surface area contributed by atoms with Gasteiger partial charge in [-0.3, -0.25) is 9.78 Å². The second-order valence-electron chi connectivity index (χ2n) is 2.64. The van der Waals surface area contributed by atoms with Crippen LogP contribution < -0.4 is 0 Å². The van der Waals surface area contributed by atoms with Crippen molar-refractivity contribution in [2.24, 2.45) is 0 Å². The van der Waals surface area contributed by atoms with E-state index in [-0.39, 0.29) is 0 Å². The van der Waals surface area contributed by atoms with Crippen molar-refractivity contribution < 1.29 is 4.79 Å². The highest BCUT2D eigenvalue weighted by atomic mass is 16.1. The van der Waals surface area contributed by atoms with Crippen molar-refractivity contribution in [3.63, 3.8) is 0 Å². The molecule has 0 aromatic carbocycles. The molecule has 1 rings (SSSR count). The van der Waals surface area contributed by atoms with Crippen LogP contribution in [0.2, 0.25) is 0 Å². The van der Waals surface area contributed by atoms with Gasteiger partial charge in [0.25, 0.3) is 0 Å². The predicted molar refractivity (Wildman–Crippen MR) is 41.5 cm³/mol. The van der Waals surface area contributed by atoms with Gasteiger partial charge in [0, 0.05) is 6.20 Å². The van der Waals surface area contributed by atoms with Gasteiger partial charge < -0.3 is 0 Å².